The molecule has 1 atom stereocenters. The highest BCUT2D eigenvalue weighted by Crippen LogP contribution is 2.24. The Kier molecular flexibility index (Phi) is 4.42. The summed E-state index contributed by atoms with van der Waals surface area (Å²) in [7, 11) is -1.11. The summed E-state index contributed by atoms with van der Waals surface area (Å²) in [5.41, 5.74) is 0. The quantitative estimate of drug-likeness (QED) is 0.653. The Morgan fingerprint density at radius 2 is 2.08 bits per heavy atom. The van der Waals surface area contributed by atoms with Crippen LogP contribution in [0.3, 0.4) is 0 Å². The number of rotatable bonds is 3. The minimum absolute atomic E-state index is 0.495. The van der Waals surface area contributed by atoms with Crippen molar-refractivity contribution in [2.24, 2.45) is 5.92 Å². The molecular weight excluding hydrogens is 192 g/mol. The first-order valence-corrected chi connectivity index (χ1v) is 9.44. The molecule has 3 heteroatoms. The van der Waals surface area contributed by atoms with Crippen molar-refractivity contribution >= 4 is 18.1 Å². The first kappa shape index (κ1) is 11.2. The highest BCUT2D eigenvalue weighted by molar-refractivity contribution is 6.68. The van der Waals surface area contributed by atoms with Crippen LogP contribution in [0.1, 0.15) is 26.2 Å². The van der Waals surface area contributed by atoms with Gasteiger partial charge in [-0.05, 0) is 44.8 Å². The molecule has 0 spiro atoms. The van der Waals surface area contributed by atoms with E-state index in [2.05, 4.69) is 32.6 Å². The Morgan fingerprint density at radius 3 is 2.62 bits per heavy atom. The van der Waals surface area contributed by atoms with Crippen LogP contribution in [0.25, 0.3) is 0 Å². The molecule has 0 aromatic heterocycles. The van der Waals surface area contributed by atoms with E-state index in [1.807, 2.05) is 0 Å². The lowest BCUT2D eigenvalue weighted by molar-refractivity contribution is 0.557. The van der Waals surface area contributed by atoms with Gasteiger partial charge in [0.2, 0.25) is 9.04 Å². The number of allylic oxidation sites excluding steroid dienone is 2. The van der Waals surface area contributed by atoms with Crippen LogP contribution in [0.15, 0.2) is 11.3 Å². The smallest absolute Gasteiger partial charge is 0.226 e. The molecule has 0 aromatic rings. The molecule has 1 aliphatic rings. The van der Waals surface area contributed by atoms with Crippen molar-refractivity contribution in [3.05, 3.63) is 11.3 Å². The summed E-state index contributed by atoms with van der Waals surface area (Å²) < 4.78 is 5.97. The van der Waals surface area contributed by atoms with Crippen molar-refractivity contribution in [2.45, 2.75) is 45.8 Å². The Labute approximate surface area is 85.6 Å². The molecule has 0 amide bonds. The SMILES string of the molecule is CC1C=C([Si](C)O[Si](C)C)CCC1. The Balaban J connectivity index is 2.49. The van der Waals surface area contributed by atoms with Gasteiger partial charge in [0.15, 0.2) is 9.04 Å². The lowest BCUT2D eigenvalue weighted by atomic mass is 9.98. The molecule has 0 fully saturated rings. The van der Waals surface area contributed by atoms with E-state index in [4.69, 9.17) is 4.12 Å². The summed E-state index contributed by atoms with van der Waals surface area (Å²) >= 11 is 0. The zero-order valence-electron chi connectivity index (χ0n) is 9.18. The zero-order valence-corrected chi connectivity index (χ0v) is 11.2. The van der Waals surface area contributed by atoms with Crippen molar-refractivity contribution in [3.63, 3.8) is 0 Å². The van der Waals surface area contributed by atoms with Gasteiger partial charge in [-0.3, -0.25) is 0 Å². The van der Waals surface area contributed by atoms with Crippen molar-refractivity contribution in [3.8, 4) is 0 Å². The second-order valence-corrected chi connectivity index (χ2v) is 8.52. The predicted octanol–water partition coefficient (Wildman–Crippen LogP) is 3.16. The molecule has 74 valence electrons. The molecule has 1 rings (SSSR count). The Hall–Kier alpha value is 0.134. The molecular formula is C10H20OSi2. The third-order valence-electron chi connectivity index (χ3n) is 2.40. The number of hydrogen-bond donors (Lipinski definition) is 0. The van der Waals surface area contributed by atoms with E-state index in [0.29, 0.717) is 0 Å². The van der Waals surface area contributed by atoms with Crippen molar-refractivity contribution in [2.75, 3.05) is 0 Å². The molecule has 0 aromatic carbocycles. The fraction of sp³-hybridized carbons (Fsp3) is 0.800. The van der Waals surface area contributed by atoms with Crippen molar-refractivity contribution < 1.29 is 4.12 Å². The van der Waals surface area contributed by atoms with Gasteiger partial charge in [-0.2, -0.15) is 0 Å². The highest BCUT2D eigenvalue weighted by atomic mass is 28.4. The van der Waals surface area contributed by atoms with Gasteiger partial charge in [0, 0.05) is 0 Å². The van der Waals surface area contributed by atoms with E-state index < -0.39 is 18.1 Å². The average Bonchev–Trinajstić information content (AvgIpc) is 2.03. The normalized spacial score (nSPS) is 23.8. The standard InChI is InChI=1S/C10H20OSi2/c1-9-6-5-7-10(8-9)13(4)11-12(2)3/h8-9H,5-7H2,1-4H3. The summed E-state index contributed by atoms with van der Waals surface area (Å²) in [5.74, 6) is 0.789. The molecule has 0 saturated heterocycles. The van der Waals surface area contributed by atoms with E-state index in [9.17, 15) is 0 Å². The zero-order chi connectivity index (χ0) is 9.84. The Bertz CT molecular complexity index is 189. The first-order chi connectivity index (χ1) is 6.09. The number of hydrogen-bond acceptors (Lipinski definition) is 1. The summed E-state index contributed by atoms with van der Waals surface area (Å²) in [6.07, 6.45) is 6.50. The van der Waals surface area contributed by atoms with Crippen LogP contribution in [-0.2, 0) is 4.12 Å². The first-order valence-electron chi connectivity index (χ1n) is 5.12. The predicted molar refractivity (Wildman–Crippen MR) is 61.3 cm³/mol. The fourth-order valence-electron chi connectivity index (χ4n) is 1.79. The van der Waals surface area contributed by atoms with Gasteiger partial charge >= 0.3 is 0 Å². The second-order valence-electron chi connectivity index (χ2n) is 4.13. The molecule has 0 saturated carbocycles. The maximum Gasteiger partial charge on any atom is 0.226 e. The van der Waals surface area contributed by atoms with Gasteiger partial charge in [-0.15, -0.1) is 0 Å². The summed E-state index contributed by atoms with van der Waals surface area (Å²) in [5, 5.41) is 1.63. The van der Waals surface area contributed by atoms with Crippen LogP contribution in [0, 0.1) is 5.92 Å². The van der Waals surface area contributed by atoms with Crippen molar-refractivity contribution in [1.29, 1.82) is 0 Å². The van der Waals surface area contributed by atoms with Crippen LogP contribution < -0.4 is 0 Å². The fourth-order valence-corrected chi connectivity index (χ4v) is 5.81. The van der Waals surface area contributed by atoms with Crippen LogP contribution >= 0.6 is 0 Å². The summed E-state index contributed by atoms with van der Waals surface area (Å²) in [6.45, 7) is 9.07. The van der Waals surface area contributed by atoms with E-state index in [-0.39, 0.29) is 0 Å². The largest absolute Gasteiger partial charge is 0.453 e. The lowest BCUT2D eigenvalue weighted by Crippen LogP contribution is -2.25. The third kappa shape index (κ3) is 3.79. The molecule has 1 unspecified atom stereocenters. The molecule has 1 aliphatic carbocycles. The maximum atomic E-state index is 5.97. The van der Waals surface area contributed by atoms with Gasteiger partial charge < -0.3 is 4.12 Å². The molecule has 13 heavy (non-hydrogen) atoms. The molecule has 0 bridgehead atoms. The van der Waals surface area contributed by atoms with Crippen LogP contribution in [0.4, 0.5) is 0 Å². The minimum Gasteiger partial charge on any atom is -0.453 e. The second kappa shape index (κ2) is 5.12. The molecule has 2 radical (unpaired) electrons. The van der Waals surface area contributed by atoms with Gasteiger partial charge in [-0.25, -0.2) is 0 Å². The molecule has 1 nitrogen and oxygen atoms in total. The molecule has 0 aliphatic heterocycles. The maximum absolute atomic E-state index is 5.97. The minimum atomic E-state index is -0.616. The van der Waals surface area contributed by atoms with Crippen molar-refractivity contribution in [1.82, 2.24) is 0 Å². The van der Waals surface area contributed by atoms with Crippen LogP contribution in [0.2, 0.25) is 19.6 Å². The molecule has 0 N–H and O–H groups in total. The van der Waals surface area contributed by atoms with Gasteiger partial charge in [-0.1, -0.05) is 18.2 Å². The van der Waals surface area contributed by atoms with E-state index in [0.717, 1.165) is 5.92 Å². The highest BCUT2D eigenvalue weighted by Gasteiger charge is 2.18. The van der Waals surface area contributed by atoms with Crippen LogP contribution in [0.5, 0.6) is 0 Å². The lowest BCUT2D eigenvalue weighted by Gasteiger charge is -2.22. The molecule has 0 heterocycles. The van der Waals surface area contributed by atoms with Gasteiger partial charge in [0.1, 0.15) is 0 Å². The summed E-state index contributed by atoms with van der Waals surface area (Å²) in [4.78, 5) is 0. The Morgan fingerprint density at radius 1 is 1.38 bits per heavy atom. The topological polar surface area (TPSA) is 9.23 Å². The van der Waals surface area contributed by atoms with Gasteiger partial charge in [0.25, 0.3) is 0 Å². The average molecular weight is 212 g/mol. The van der Waals surface area contributed by atoms with E-state index in [1.54, 1.807) is 5.20 Å². The van der Waals surface area contributed by atoms with E-state index >= 15 is 0 Å². The summed E-state index contributed by atoms with van der Waals surface area (Å²) in [6, 6.07) is 0. The van der Waals surface area contributed by atoms with Gasteiger partial charge in [0.05, 0.1) is 0 Å². The third-order valence-corrected chi connectivity index (χ3v) is 6.58. The van der Waals surface area contributed by atoms with E-state index in [1.165, 1.54) is 19.3 Å². The van der Waals surface area contributed by atoms with Crippen LogP contribution in [-0.4, -0.2) is 18.1 Å². The monoisotopic (exact) mass is 212 g/mol.